The molecule has 2 aliphatic rings. The van der Waals surface area contributed by atoms with Crippen molar-refractivity contribution in [1.29, 1.82) is 0 Å². The van der Waals surface area contributed by atoms with Crippen molar-refractivity contribution < 1.29 is 23.7 Å². The standard InChI is InChI=1S/C20H20ClNO5/c21-15-16(22)20(27-18(23)12-7-3-1-4-8-12)25-14-11-24-19(26-17(14)15)13-9-5-2-6-10-13/h1-10,14-17,19-20H,11,22H2/t14-,15-,16-,17-,19+,20-/m1/s1. The Balaban J connectivity index is 1.44. The molecule has 0 radical (unpaired) electrons. The molecule has 0 amide bonds. The van der Waals surface area contributed by atoms with Gasteiger partial charge in [0.1, 0.15) is 12.2 Å². The number of fused-ring (bicyclic) bond motifs is 1. The van der Waals surface area contributed by atoms with Gasteiger partial charge in [0.05, 0.1) is 23.6 Å². The lowest BCUT2D eigenvalue weighted by molar-refractivity contribution is -0.310. The molecule has 0 saturated carbocycles. The van der Waals surface area contributed by atoms with Crippen molar-refractivity contribution in [2.24, 2.45) is 5.73 Å². The van der Waals surface area contributed by atoms with Crippen LogP contribution in [0.25, 0.3) is 0 Å². The molecule has 0 unspecified atom stereocenters. The second-order valence-electron chi connectivity index (χ2n) is 6.51. The van der Waals surface area contributed by atoms with E-state index in [1.165, 1.54) is 0 Å². The molecule has 0 aliphatic carbocycles. The number of esters is 1. The maximum absolute atomic E-state index is 12.3. The molecule has 6 nitrogen and oxygen atoms in total. The number of hydrogen-bond donors (Lipinski definition) is 1. The average Bonchev–Trinajstić information content (AvgIpc) is 2.73. The van der Waals surface area contributed by atoms with Crippen LogP contribution in [0.1, 0.15) is 22.2 Å². The van der Waals surface area contributed by atoms with Crippen molar-refractivity contribution in [3.8, 4) is 0 Å². The highest BCUT2D eigenvalue weighted by Gasteiger charge is 2.49. The van der Waals surface area contributed by atoms with Crippen LogP contribution >= 0.6 is 11.6 Å². The summed E-state index contributed by atoms with van der Waals surface area (Å²) in [5.41, 5.74) is 7.50. The molecule has 0 aromatic heterocycles. The highest BCUT2D eigenvalue weighted by molar-refractivity contribution is 6.21. The molecular weight excluding hydrogens is 370 g/mol. The number of rotatable bonds is 3. The number of halogens is 1. The summed E-state index contributed by atoms with van der Waals surface area (Å²) in [6.45, 7) is 0.263. The minimum atomic E-state index is -0.970. The average molecular weight is 390 g/mol. The predicted molar refractivity (Wildman–Crippen MR) is 98.1 cm³/mol. The van der Waals surface area contributed by atoms with E-state index in [-0.39, 0.29) is 6.61 Å². The van der Waals surface area contributed by atoms with E-state index < -0.39 is 42.2 Å². The van der Waals surface area contributed by atoms with Crippen LogP contribution in [0.4, 0.5) is 0 Å². The Morgan fingerprint density at radius 2 is 1.70 bits per heavy atom. The Morgan fingerprint density at radius 3 is 2.41 bits per heavy atom. The zero-order valence-corrected chi connectivity index (χ0v) is 15.2. The summed E-state index contributed by atoms with van der Waals surface area (Å²) < 4.78 is 23.1. The van der Waals surface area contributed by atoms with Crippen LogP contribution in [-0.4, -0.2) is 42.5 Å². The normalized spacial score (nSPS) is 33.1. The van der Waals surface area contributed by atoms with Gasteiger partial charge in [-0.05, 0) is 12.1 Å². The minimum Gasteiger partial charge on any atom is -0.430 e. The number of benzene rings is 2. The fourth-order valence-electron chi connectivity index (χ4n) is 3.21. The summed E-state index contributed by atoms with van der Waals surface area (Å²) in [6, 6.07) is 17.5. The molecule has 2 heterocycles. The van der Waals surface area contributed by atoms with E-state index >= 15 is 0 Å². The van der Waals surface area contributed by atoms with E-state index in [9.17, 15) is 4.79 Å². The number of carbonyl (C=O) groups is 1. The molecule has 2 aromatic rings. The largest absolute Gasteiger partial charge is 0.430 e. The van der Waals surface area contributed by atoms with Crippen LogP contribution in [0.5, 0.6) is 0 Å². The molecule has 2 aliphatic heterocycles. The minimum absolute atomic E-state index is 0.263. The van der Waals surface area contributed by atoms with Gasteiger partial charge in [0.2, 0.25) is 6.29 Å². The lowest BCUT2D eigenvalue weighted by Gasteiger charge is -2.46. The highest BCUT2D eigenvalue weighted by Crippen LogP contribution is 2.36. The molecule has 2 saturated heterocycles. The molecule has 0 spiro atoms. The van der Waals surface area contributed by atoms with Crippen molar-refractivity contribution in [3.05, 3.63) is 71.8 Å². The summed E-state index contributed by atoms with van der Waals surface area (Å²) in [6.07, 6.45) is -2.44. The highest BCUT2D eigenvalue weighted by atomic mass is 35.5. The van der Waals surface area contributed by atoms with Gasteiger partial charge in [-0.1, -0.05) is 48.5 Å². The maximum Gasteiger partial charge on any atom is 0.340 e. The first-order valence-electron chi connectivity index (χ1n) is 8.76. The summed E-state index contributed by atoms with van der Waals surface area (Å²) in [5.74, 6) is -0.516. The molecule has 0 bridgehead atoms. The van der Waals surface area contributed by atoms with E-state index in [0.717, 1.165) is 5.56 Å². The van der Waals surface area contributed by atoms with Crippen LogP contribution in [0.2, 0.25) is 0 Å². The molecule has 6 atom stereocenters. The van der Waals surface area contributed by atoms with Crippen molar-refractivity contribution in [2.75, 3.05) is 6.61 Å². The Kier molecular flexibility index (Phi) is 5.43. The SMILES string of the molecule is N[C@H]1[C@@H](OC(=O)c2ccccc2)O[C@@H]2CO[C@H](c3ccccc3)O[C@H]2[C@@H]1Cl. The Bertz CT molecular complexity index is 772. The molecule has 4 rings (SSSR count). The van der Waals surface area contributed by atoms with E-state index in [4.69, 9.17) is 36.3 Å². The smallest absolute Gasteiger partial charge is 0.340 e. The van der Waals surface area contributed by atoms with Gasteiger partial charge in [-0.15, -0.1) is 11.6 Å². The van der Waals surface area contributed by atoms with Crippen molar-refractivity contribution >= 4 is 17.6 Å². The van der Waals surface area contributed by atoms with Crippen LogP contribution < -0.4 is 5.73 Å². The molecule has 7 heteroatoms. The molecule has 2 fully saturated rings. The number of carbonyl (C=O) groups excluding carboxylic acids is 1. The predicted octanol–water partition coefficient (Wildman–Crippen LogP) is 2.62. The second kappa shape index (κ2) is 7.96. The zero-order chi connectivity index (χ0) is 18.8. The van der Waals surface area contributed by atoms with Crippen LogP contribution in [0, 0.1) is 0 Å². The second-order valence-corrected chi connectivity index (χ2v) is 7.02. The molecular formula is C20H20ClNO5. The fourth-order valence-corrected chi connectivity index (χ4v) is 3.56. The lowest BCUT2D eigenvalue weighted by atomic mass is 9.99. The summed E-state index contributed by atoms with van der Waals surface area (Å²) in [5, 5.41) is -0.590. The molecule has 142 valence electrons. The third-order valence-corrected chi connectivity index (χ3v) is 5.21. The van der Waals surface area contributed by atoms with Gasteiger partial charge >= 0.3 is 5.97 Å². The number of nitrogens with two attached hydrogens (primary N) is 1. The zero-order valence-electron chi connectivity index (χ0n) is 14.4. The summed E-state index contributed by atoms with van der Waals surface area (Å²) in [7, 11) is 0. The maximum atomic E-state index is 12.3. The van der Waals surface area contributed by atoms with Gasteiger partial charge < -0.3 is 24.7 Å². The van der Waals surface area contributed by atoms with Gasteiger partial charge in [0, 0.05) is 5.56 Å². The van der Waals surface area contributed by atoms with Gasteiger partial charge in [0.15, 0.2) is 6.29 Å². The third-order valence-electron chi connectivity index (χ3n) is 4.67. The molecule has 2 aromatic carbocycles. The van der Waals surface area contributed by atoms with Crippen LogP contribution in [0.15, 0.2) is 60.7 Å². The number of ether oxygens (including phenoxy) is 4. The first-order chi connectivity index (χ1) is 13.1. The quantitative estimate of drug-likeness (QED) is 0.642. The van der Waals surface area contributed by atoms with Crippen molar-refractivity contribution in [2.45, 2.75) is 36.2 Å². The van der Waals surface area contributed by atoms with E-state index in [1.807, 2.05) is 36.4 Å². The third kappa shape index (κ3) is 3.85. The van der Waals surface area contributed by atoms with E-state index in [2.05, 4.69) is 0 Å². The summed E-state index contributed by atoms with van der Waals surface area (Å²) >= 11 is 6.54. The first kappa shape index (κ1) is 18.4. The van der Waals surface area contributed by atoms with E-state index in [0.29, 0.717) is 5.56 Å². The van der Waals surface area contributed by atoms with E-state index in [1.54, 1.807) is 24.3 Å². The Hall–Kier alpha value is -1.96. The van der Waals surface area contributed by atoms with Crippen LogP contribution in [-0.2, 0) is 18.9 Å². The lowest BCUT2D eigenvalue weighted by Crippen LogP contribution is -2.63. The van der Waals surface area contributed by atoms with Gasteiger partial charge in [-0.25, -0.2) is 4.79 Å². The molecule has 27 heavy (non-hydrogen) atoms. The van der Waals surface area contributed by atoms with Gasteiger partial charge in [-0.2, -0.15) is 0 Å². The van der Waals surface area contributed by atoms with Crippen molar-refractivity contribution in [3.63, 3.8) is 0 Å². The number of hydrogen-bond acceptors (Lipinski definition) is 6. The topological polar surface area (TPSA) is 80.0 Å². The van der Waals surface area contributed by atoms with Crippen LogP contribution in [0.3, 0.4) is 0 Å². The van der Waals surface area contributed by atoms with Gasteiger partial charge in [-0.3, -0.25) is 0 Å². The van der Waals surface area contributed by atoms with Gasteiger partial charge in [0.25, 0.3) is 0 Å². The number of alkyl halides is 1. The molecule has 2 N–H and O–H groups in total. The Morgan fingerprint density at radius 1 is 1.04 bits per heavy atom. The monoisotopic (exact) mass is 389 g/mol. The van der Waals surface area contributed by atoms with Crippen molar-refractivity contribution in [1.82, 2.24) is 0 Å². The summed E-state index contributed by atoms with van der Waals surface area (Å²) in [4.78, 5) is 12.3. The first-order valence-corrected chi connectivity index (χ1v) is 9.20. The Labute approximate surface area is 162 Å². The fraction of sp³-hybridized carbons (Fsp3) is 0.350.